The highest BCUT2D eigenvalue weighted by Crippen LogP contribution is 2.39. The Bertz CT molecular complexity index is 1100. The maximum Gasteiger partial charge on any atom is 0.243 e. The van der Waals surface area contributed by atoms with Crippen LogP contribution in [0.15, 0.2) is 59.5 Å². The molecular weight excluding hydrogens is 486 g/mol. The predicted molar refractivity (Wildman–Crippen MR) is 148 cm³/mol. The van der Waals surface area contributed by atoms with Crippen molar-refractivity contribution in [2.45, 2.75) is 82.8 Å². The number of nitrogens with zero attached hydrogens (tertiary/aromatic N) is 1. The Morgan fingerprint density at radius 2 is 1.65 bits per heavy atom. The Kier molecular flexibility index (Phi) is 10.2. The van der Waals surface area contributed by atoms with E-state index in [1.165, 1.54) is 16.4 Å². The molecule has 8 heteroatoms. The van der Waals surface area contributed by atoms with Crippen LogP contribution in [0.5, 0.6) is 0 Å². The van der Waals surface area contributed by atoms with Crippen LogP contribution in [0.1, 0.15) is 64.9 Å². The molecule has 0 aliphatic heterocycles. The molecule has 37 heavy (non-hydrogen) atoms. The molecule has 0 aromatic heterocycles. The average molecular weight is 530 g/mol. The number of nitrogens with two attached hydrogens (primary N) is 1. The quantitative estimate of drug-likeness (QED) is 0.354. The van der Waals surface area contributed by atoms with E-state index in [9.17, 15) is 18.3 Å². The zero-order valence-electron chi connectivity index (χ0n) is 22.4. The van der Waals surface area contributed by atoms with Crippen molar-refractivity contribution < 1.29 is 18.3 Å². The van der Waals surface area contributed by atoms with Crippen molar-refractivity contribution in [3.63, 3.8) is 0 Å². The number of nitrogens with one attached hydrogen (secondary N) is 1. The van der Waals surface area contributed by atoms with E-state index in [4.69, 9.17) is 5.73 Å². The van der Waals surface area contributed by atoms with E-state index in [1.807, 2.05) is 44.2 Å². The number of anilines is 1. The van der Waals surface area contributed by atoms with Gasteiger partial charge in [0, 0.05) is 24.2 Å². The van der Waals surface area contributed by atoms with Gasteiger partial charge in [0.25, 0.3) is 0 Å². The summed E-state index contributed by atoms with van der Waals surface area (Å²) in [6.45, 7) is 6.05. The van der Waals surface area contributed by atoms with Crippen LogP contribution >= 0.6 is 0 Å². The summed E-state index contributed by atoms with van der Waals surface area (Å²) >= 11 is 0. The zero-order valence-corrected chi connectivity index (χ0v) is 23.2. The molecule has 2 aromatic rings. The van der Waals surface area contributed by atoms with Gasteiger partial charge in [-0.3, -0.25) is 4.79 Å². The number of carbonyl (C=O) groups excluding carboxylic acids is 1. The molecule has 2 aromatic carbocycles. The normalized spacial score (nSPS) is 17.5. The fourth-order valence-electron chi connectivity index (χ4n) is 5.25. The van der Waals surface area contributed by atoms with Crippen molar-refractivity contribution in [2.24, 2.45) is 11.3 Å². The van der Waals surface area contributed by atoms with Crippen molar-refractivity contribution in [1.29, 1.82) is 0 Å². The summed E-state index contributed by atoms with van der Waals surface area (Å²) in [5.74, 6) is 0.00926. The number of sulfonamides is 1. The molecule has 1 aliphatic rings. The number of carbonyl (C=O) groups is 1. The monoisotopic (exact) mass is 529 g/mol. The number of amides is 1. The molecule has 0 spiro atoms. The smallest absolute Gasteiger partial charge is 0.243 e. The first-order valence-electron chi connectivity index (χ1n) is 13.5. The molecule has 3 rings (SSSR count). The number of aliphatic hydroxyl groups excluding tert-OH is 1. The zero-order chi connectivity index (χ0) is 27.1. The SMILES string of the molecule is CCC1(C(=O)NC(Cc2ccccc2)C(O)CN(CC(C)C)S(=O)(=O)c2ccc(N)cc2)CCCCC1. The topological polar surface area (TPSA) is 113 Å². The second-order valence-corrected chi connectivity index (χ2v) is 12.8. The lowest BCUT2D eigenvalue weighted by Crippen LogP contribution is -2.54. The van der Waals surface area contributed by atoms with Crippen LogP contribution in [-0.2, 0) is 21.2 Å². The predicted octanol–water partition coefficient (Wildman–Crippen LogP) is 4.36. The van der Waals surface area contributed by atoms with Crippen molar-refractivity contribution in [3.8, 4) is 0 Å². The van der Waals surface area contributed by atoms with Crippen molar-refractivity contribution in [1.82, 2.24) is 9.62 Å². The van der Waals surface area contributed by atoms with E-state index in [-0.39, 0.29) is 29.8 Å². The second kappa shape index (κ2) is 12.9. The maximum atomic E-state index is 13.6. The van der Waals surface area contributed by atoms with E-state index in [1.54, 1.807) is 12.1 Å². The Balaban J connectivity index is 1.87. The van der Waals surface area contributed by atoms with Gasteiger partial charge in [-0.1, -0.05) is 70.4 Å². The molecule has 7 nitrogen and oxygen atoms in total. The summed E-state index contributed by atoms with van der Waals surface area (Å²) in [6, 6.07) is 15.1. The Morgan fingerprint density at radius 1 is 1.03 bits per heavy atom. The highest BCUT2D eigenvalue weighted by Gasteiger charge is 2.40. The minimum Gasteiger partial charge on any atom is -0.399 e. The molecule has 1 saturated carbocycles. The summed E-state index contributed by atoms with van der Waals surface area (Å²) in [6.07, 6.45) is 4.93. The largest absolute Gasteiger partial charge is 0.399 e. The fourth-order valence-corrected chi connectivity index (χ4v) is 6.87. The van der Waals surface area contributed by atoms with Crippen molar-refractivity contribution in [3.05, 3.63) is 60.2 Å². The first kappa shape index (κ1) is 29.1. The van der Waals surface area contributed by atoms with Gasteiger partial charge >= 0.3 is 0 Å². The molecule has 0 bridgehead atoms. The van der Waals surface area contributed by atoms with Crippen LogP contribution in [0.2, 0.25) is 0 Å². The fraction of sp³-hybridized carbons (Fsp3) is 0.552. The number of hydrogen-bond donors (Lipinski definition) is 3. The molecule has 4 N–H and O–H groups in total. The number of nitrogen functional groups attached to an aromatic ring is 1. The van der Waals surface area contributed by atoms with Crippen LogP contribution in [0.25, 0.3) is 0 Å². The Labute approximate surface area is 222 Å². The molecule has 0 radical (unpaired) electrons. The lowest BCUT2D eigenvalue weighted by atomic mass is 9.71. The van der Waals surface area contributed by atoms with Gasteiger partial charge in [0.1, 0.15) is 0 Å². The highest BCUT2D eigenvalue weighted by molar-refractivity contribution is 7.89. The van der Waals surface area contributed by atoms with Gasteiger partial charge in [-0.2, -0.15) is 4.31 Å². The van der Waals surface area contributed by atoms with Gasteiger partial charge in [0.05, 0.1) is 17.0 Å². The molecule has 1 amide bonds. The third-order valence-electron chi connectivity index (χ3n) is 7.53. The van der Waals surface area contributed by atoms with E-state index >= 15 is 0 Å². The van der Waals surface area contributed by atoms with Crippen LogP contribution < -0.4 is 11.1 Å². The Hall–Kier alpha value is -2.42. The van der Waals surface area contributed by atoms with Gasteiger partial charge in [-0.15, -0.1) is 0 Å². The summed E-state index contributed by atoms with van der Waals surface area (Å²) in [4.78, 5) is 13.7. The van der Waals surface area contributed by atoms with Gasteiger partial charge < -0.3 is 16.2 Å². The average Bonchev–Trinajstić information content (AvgIpc) is 2.88. The minimum absolute atomic E-state index is 0.0357. The molecule has 0 heterocycles. The van der Waals surface area contributed by atoms with Gasteiger partial charge in [-0.25, -0.2) is 8.42 Å². The summed E-state index contributed by atoms with van der Waals surface area (Å²) in [7, 11) is -3.87. The van der Waals surface area contributed by atoms with Gasteiger partial charge in [0.2, 0.25) is 15.9 Å². The van der Waals surface area contributed by atoms with Crippen molar-refractivity contribution >= 4 is 21.6 Å². The molecule has 0 saturated heterocycles. The van der Waals surface area contributed by atoms with E-state index in [0.717, 1.165) is 44.1 Å². The molecule has 1 aliphatic carbocycles. The summed E-state index contributed by atoms with van der Waals surface area (Å²) in [5, 5.41) is 14.6. The number of benzene rings is 2. The van der Waals surface area contributed by atoms with Crippen LogP contribution in [0, 0.1) is 11.3 Å². The van der Waals surface area contributed by atoms with Gasteiger partial charge in [0.15, 0.2) is 0 Å². The van der Waals surface area contributed by atoms with Crippen LogP contribution in [0.4, 0.5) is 5.69 Å². The Morgan fingerprint density at radius 3 is 2.22 bits per heavy atom. The number of hydrogen-bond acceptors (Lipinski definition) is 5. The third kappa shape index (κ3) is 7.55. The molecular formula is C29H43N3O4S. The highest BCUT2D eigenvalue weighted by atomic mass is 32.2. The molecule has 2 atom stereocenters. The lowest BCUT2D eigenvalue weighted by Gasteiger charge is -2.38. The van der Waals surface area contributed by atoms with Crippen LogP contribution in [-0.4, -0.2) is 49.0 Å². The molecule has 204 valence electrons. The third-order valence-corrected chi connectivity index (χ3v) is 9.37. The first-order chi connectivity index (χ1) is 17.6. The minimum atomic E-state index is -3.87. The van der Waals surface area contributed by atoms with Crippen molar-refractivity contribution in [2.75, 3.05) is 18.8 Å². The lowest BCUT2D eigenvalue weighted by molar-refractivity contribution is -0.135. The maximum absolute atomic E-state index is 13.6. The molecule has 2 unspecified atom stereocenters. The number of rotatable bonds is 12. The summed E-state index contributed by atoms with van der Waals surface area (Å²) < 4.78 is 28.4. The molecule has 1 fully saturated rings. The second-order valence-electron chi connectivity index (χ2n) is 10.8. The van der Waals surface area contributed by atoms with E-state index in [0.29, 0.717) is 12.1 Å². The van der Waals surface area contributed by atoms with E-state index < -0.39 is 27.6 Å². The van der Waals surface area contributed by atoms with Crippen LogP contribution in [0.3, 0.4) is 0 Å². The first-order valence-corrected chi connectivity index (χ1v) is 14.9. The van der Waals surface area contributed by atoms with E-state index in [2.05, 4.69) is 12.2 Å². The standard InChI is InChI=1S/C29H43N3O4S/c1-4-29(17-9-6-10-18-29)28(34)31-26(19-23-11-7-5-8-12-23)27(33)21-32(20-22(2)3)37(35,36)25-15-13-24(30)14-16-25/h5,7-8,11-16,22,26-27,33H,4,6,9-10,17-21,30H2,1-3H3,(H,31,34). The summed E-state index contributed by atoms with van der Waals surface area (Å²) in [5.41, 5.74) is 6.78. The van der Waals surface area contributed by atoms with Gasteiger partial charge in [-0.05, 0) is 61.4 Å². The number of aliphatic hydroxyl groups is 1.